The van der Waals surface area contributed by atoms with Crippen molar-refractivity contribution in [1.29, 1.82) is 0 Å². The van der Waals surface area contributed by atoms with Crippen molar-refractivity contribution in [2.24, 2.45) is 0 Å². The van der Waals surface area contributed by atoms with Crippen LogP contribution in [0.15, 0.2) is 28.7 Å². The van der Waals surface area contributed by atoms with Gasteiger partial charge in [0, 0.05) is 21.9 Å². The Morgan fingerprint density at radius 1 is 1.45 bits per heavy atom. The molecule has 2 heterocycles. The largest absolute Gasteiger partial charge is 0.459 e. The normalized spacial score (nSPS) is 21.2. The van der Waals surface area contributed by atoms with E-state index in [4.69, 9.17) is 20.8 Å². The van der Waals surface area contributed by atoms with Crippen molar-refractivity contribution in [2.75, 3.05) is 24.7 Å². The number of furan rings is 1. The first-order chi connectivity index (χ1) is 9.78. The summed E-state index contributed by atoms with van der Waals surface area (Å²) in [5.41, 5.74) is 0.871. The third-order valence-electron chi connectivity index (χ3n) is 3.44. The molecule has 1 N–H and O–H groups in total. The molecule has 2 aromatic rings. The molecule has 0 bridgehead atoms. The first-order valence-electron chi connectivity index (χ1n) is 6.89. The Balaban J connectivity index is 1.91. The summed E-state index contributed by atoms with van der Waals surface area (Å²) in [4.78, 5) is 0. The van der Waals surface area contributed by atoms with Crippen molar-refractivity contribution in [3.63, 3.8) is 0 Å². The van der Waals surface area contributed by atoms with E-state index in [-0.39, 0.29) is 12.1 Å². The minimum atomic E-state index is 0.0963. The number of ether oxygens (including phenoxy) is 1. The number of thioether (sulfide) groups is 1. The quantitative estimate of drug-likeness (QED) is 0.929. The first-order valence-corrected chi connectivity index (χ1v) is 8.43. The molecule has 1 aromatic carbocycles. The SMILES string of the molecule is CCNC(c1cc2cc(Cl)ccc2o1)C1CSCCO1. The second-order valence-corrected chi connectivity index (χ2v) is 6.44. The highest BCUT2D eigenvalue weighted by Gasteiger charge is 2.28. The molecule has 1 aromatic heterocycles. The van der Waals surface area contributed by atoms with Gasteiger partial charge in [-0.3, -0.25) is 0 Å². The number of fused-ring (bicyclic) bond motifs is 1. The fourth-order valence-electron chi connectivity index (χ4n) is 2.52. The molecule has 20 heavy (non-hydrogen) atoms. The smallest absolute Gasteiger partial charge is 0.134 e. The minimum absolute atomic E-state index is 0.0963. The van der Waals surface area contributed by atoms with E-state index in [1.807, 2.05) is 30.0 Å². The van der Waals surface area contributed by atoms with Crippen LogP contribution in [0.25, 0.3) is 11.0 Å². The van der Waals surface area contributed by atoms with Crippen molar-refractivity contribution < 1.29 is 9.15 Å². The number of benzene rings is 1. The van der Waals surface area contributed by atoms with E-state index in [0.29, 0.717) is 0 Å². The molecule has 108 valence electrons. The van der Waals surface area contributed by atoms with Crippen molar-refractivity contribution in [3.05, 3.63) is 35.0 Å². The van der Waals surface area contributed by atoms with Gasteiger partial charge < -0.3 is 14.5 Å². The van der Waals surface area contributed by atoms with E-state index in [2.05, 4.69) is 18.3 Å². The number of hydrogen-bond acceptors (Lipinski definition) is 4. The summed E-state index contributed by atoms with van der Waals surface area (Å²) in [6, 6.07) is 7.87. The lowest BCUT2D eigenvalue weighted by Gasteiger charge is -2.29. The Morgan fingerprint density at radius 3 is 3.10 bits per heavy atom. The Hall–Kier alpha value is -0.680. The van der Waals surface area contributed by atoms with E-state index in [1.165, 1.54) is 0 Å². The maximum Gasteiger partial charge on any atom is 0.134 e. The molecule has 1 saturated heterocycles. The van der Waals surface area contributed by atoms with Gasteiger partial charge in [-0.1, -0.05) is 18.5 Å². The van der Waals surface area contributed by atoms with Crippen LogP contribution in [0.3, 0.4) is 0 Å². The van der Waals surface area contributed by atoms with Gasteiger partial charge in [-0.15, -0.1) is 0 Å². The Labute approximate surface area is 128 Å². The van der Waals surface area contributed by atoms with Gasteiger partial charge in [-0.25, -0.2) is 0 Å². The van der Waals surface area contributed by atoms with Crippen molar-refractivity contribution >= 4 is 34.3 Å². The number of rotatable bonds is 4. The van der Waals surface area contributed by atoms with Crippen LogP contribution in [-0.2, 0) is 4.74 Å². The fourth-order valence-corrected chi connectivity index (χ4v) is 3.60. The zero-order chi connectivity index (χ0) is 13.9. The zero-order valence-electron chi connectivity index (χ0n) is 11.4. The van der Waals surface area contributed by atoms with Crippen LogP contribution in [0.1, 0.15) is 18.7 Å². The average Bonchev–Trinajstić information content (AvgIpc) is 2.88. The van der Waals surface area contributed by atoms with Gasteiger partial charge in [-0.05, 0) is 30.8 Å². The third kappa shape index (κ3) is 2.98. The summed E-state index contributed by atoms with van der Waals surface area (Å²) in [6.45, 7) is 3.79. The molecule has 1 fully saturated rings. The second-order valence-electron chi connectivity index (χ2n) is 4.85. The van der Waals surface area contributed by atoms with Gasteiger partial charge in [0.25, 0.3) is 0 Å². The molecule has 2 atom stereocenters. The van der Waals surface area contributed by atoms with Gasteiger partial charge in [0.1, 0.15) is 11.3 Å². The molecule has 3 rings (SSSR count). The van der Waals surface area contributed by atoms with Crippen molar-refractivity contribution in [3.8, 4) is 0 Å². The highest BCUT2D eigenvalue weighted by Crippen LogP contribution is 2.31. The van der Waals surface area contributed by atoms with E-state index < -0.39 is 0 Å². The molecular weight excluding hydrogens is 294 g/mol. The summed E-state index contributed by atoms with van der Waals surface area (Å²) < 4.78 is 11.9. The lowest BCUT2D eigenvalue weighted by atomic mass is 10.1. The van der Waals surface area contributed by atoms with E-state index in [9.17, 15) is 0 Å². The van der Waals surface area contributed by atoms with Gasteiger partial charge in [0.15, 0.2) is 0 Å². The van der Waals surface area contributed by atoms with Crippen LogP contribution >= 0.6 is 23.4 Å². The molecule has 0 spiro atoms. The van der Waals surface area contributed by atoms with Crippen LogP contribution in [0.2, 0.25) is 5.02 Å². The monoisotopic (exact) mass is 311 g/mol. The Bertz CT molecular complexity index is 580. The fraction of sp³-hybridized carbons (Fsp3) is 0.467. The molecule has 0 saturated carbocycles. The van der Waals surface area contributed by atoms with Crippen LogP contribution < -0.4 is 5.32 Å². The highest BCUT2D eigenvalue weighted by molar-refractivity contribution is 7.99. The molecule has 2 unspecified atom stereocenters. The van der Waals surface area contributed by atoms with Crippen LogP contribution in [0, 0.1) is 0 Å². The predicted octanol–water partition coefficient (Wildman–Crippen LogP) is 3.87. The third-order valence-corrected chi connectivity index (χ3v) is 4.70. The molecular formula is C15H18ClNO2S. The summed E-state index contributed by atoms with van der Waals surface area (Å²) in [5, 5.41) is 5.25. The lowest BCUT2D eigenvalue weighted by molar-refractivity contribution is 0.0418. The average molecular weight is 312 g/mol. The first kappa shape index (κ1) is 14.3. The summed E-state index contributed by atoms with van der Waals surface area (Å²) >= 11 is 7.97. The zero-order valence-corrected chi connectivity index (χ0v) is 13.0. The molecule has 5 heteroatoms. The van der Waals surface area contributed by atoms with Gasteiger partial charge in [0.2, 0.25) is 0 Å². The maximum absolute atomic E-state index is 6.03. The van der Waals surface area contributed by atoms with Crippen molar-refractivity contribution in [1.82, 2.24) is 5.32 Å². The van der Waals surface area contributed by atoms with E-state index in [0.717, 1.165) is 46.4 Å². The predicted molar refractivity (Wildman–Crippen MR) is 84.7 cm³/mol. The lowest BCUT2D eigenvalue weighted by Crippen LogP contribution is -2.37. The van der Waals surface area contributed by atoms with Gasteiger partial charge in [-0.2, -0.15) is 11.8 Å². The second kappa shape index (κ2) is 6.39. The van der Waals surface area contributed by atoms with Crippen LogP contribution in [-0.4, -0.2) is 30.8 Å². The highest BCUT2D eigenvalue weighted by atomic mass is 35.5. The van der Waals surface area contributed by atoms with Crippen LogP contribution in [0.4, 0.5) is 0 Å². The number of hydrogen-bond donors (Lipinski definition) is 1. The van der Waals surface area contributed by atoms with Crippen LogP contribution in [0.5, 0.6) is 0 Å². The minimum Gasteiger partial charge on any atom is -0.459 e. The van der Waals surface area contributed by atoms with Gasteiger partial charge >= 0.3 is 0 Å². The Morgan fingerprint density at radius 2 is 2.35 bits per heavy atom. The van der Waals surface area contributed by atoms with E-state index in [1.54, 1.807) is 0 Å². The molecule has 3 nitrogen and oxygen atoms in total. The Kier molecular flexibility index (Phi) is 4.56. The maximum atomic E-state index is 6.03. The topological polar surface area (TPSA) is 34.4 Å². The summed E-state index contributed by atoms with van der Waals surface area (Å²) in [5.74, 6) is 3.00. The number of likely N-dealkylation sites (N-methyl/N-ethyl adjacent to an activating group) is 1. The molecule has 0 amide bonds. The molecule has 0 radical (unpaired) electrons. The van der Waals surface area contributed by atoms with Gasteiger partial charge in [0.05, 0.1) is 18.8 Å². The molecule has 1 aliphatic rings. The van der Waals surface area contributed by atoms with E-state index >= 15 is 0 Å². The summed E-state index contributed by atoms with van der Waals surface area (Å²) in [6.07, 6.45) is 0.157. The molecule has 1 aliphatic heterocycles. The summed E-state index contributed by atoms with van der Waals surface area (Å²) in [7, 11) is 0. The number of nitrogens with one attached hydrogen (secondary N) is 1. The number of halogens is 1. The molecule has 0 aliphatic carbocycles. The van der Waals surface area contributed by atoms with Crippen molar-refractivity contribution in [2.45, 2.75) is 19.1 Å². The standard InChI is InChI=1S/C15H18ClNO2S/c1-2-17-15(14-9-20-6-5-18-14)13-8-10-7-11(16)3-4-12(10)19-13/h3-4,7-8,14-15,17H,2,5-6,9H2,1H3.